The summed E-state index contributed by atoms with van der Waals surface area (Å²) in [6.07, 6.45) is 2.99. The van der Waals surface area contributed by atoms with Gasteiger partial charge >= 0.3 is 0 Å². The van der Waals surface area contributed by atoms with Crippen molar-refractivity contribution >= 4 is 23.3 Å². The Morgan fingerprint density at radius 2 is 2.05 bits per heavy atom. The number of anilines is 1. The molecule has 0 aliphatic rings. The molecule has 0 aliphatic heterocycles. The number of hydrogen-bond donors (Lipinski definition) is 2. The first kappa shape index (κ1) is 15.5. The molecular formula is C15H19ClN4O. The van der Waals surface area contributed by atoms with E-state index < -0.39 is 0 Å². The third kappa shape index (κ3) is 4.88. The molecule has 1 amide bonds. The van der Waals surface area contributed by atoms with Gasteiger partial charge in [0, 0.05) is 17.5 Å². The van der Waals surface area contributed by atoms with E-state index in [9.17, 15) is 4.79 Å². The number of aromatic nitrogens is 2. The molecule has 0 unspecified atom stereocenters. The third-order valence-electron chi connectivity index (χ3n) is 3.06. The quantitative estimate of drug-likeness (QED) is 0.773. The predicted molar refractivity (Wildman–Crippen MR) is 84.6 cm³/mol. The van der Waals surface area contributed by atoms with Crippen LogP contribution in [-0.2, 0) is 11.3 Å². The number of carbonyl (C=O) groups excluding carboxylic acids is 1. The minimum absolute atomic E-state index is 0.00288. The molecule has 0 spiro atoms. The van der Waals surface area contributed by atoms with Gasteiger partial charge in [0.1, 0.15) is 5.82 Å². The molecule has 112 valence electrons. The smallest absolute Gasteiger partial charge is 0.225 e. The van der Waals surface area contributed by atoms with Crippen LogP contribution in [-0.4, -0.2) is 29.3 Å². The van der Waals surface area contributed by atoms with Gasteiger partial charge in [0.15, 0.2) is 0 Å². The first-order valence-electron chi connectivity index (χ1n) is 6.90. The van der Waals surface area contributed by atoms with Crippen LogP contribution in [0.4, 0.5) is 5.82 Å². The summed E-state index contributed by atoms with van der Waals surface area (Å²) in [5.41, 5.74) is 1.08. The van der Waals surface area contributed by atoms with Gasteiger partial charge in [-0.3, -0.25) is 4.79 Å². The van der Waals surface area contributed by atoms with Gasteiger partial charge in [0.2, 0.25) is 5.91 Å². The zero-order valence-electron chi connectivity index (χ0n) is 12.0. The Balaban J connectivity index is 1.95. The molecule has 2 aromatic rings. The largest absolute Gasteiger partial charge is 0.320 e. The number of hydrogen-bond acceptors (Lipinski definition) is 3. The molecule has 1 aromatic heterocycles. The average Bonchev–Trinajstić information content (AvgIpc) is 2.89. The fraction of sp³-hybridized carbons (Fsp3) is 0.333. The van der Waals surface area contributed by atoms with Crippen LogP contribution in [0.5, 0.6) is 0 Å². The van der Waals surface area contributed by atoms with Crippen LogP contribution in [0, 0.1) is 0 Å². The Hall–Kier alpha value is -1.85. The van der Waals surface area contributed by atoms with Crippen LogP contribution in [0.15, 0.2) is 36.5 Å². The molecule has 0 aliphatic carbocycles. The van der Waals surface area contributed by atoms with Crippen molar-refractivity contribution in [3.05, 3.63) is 47.1 Å². The number of carbonyl (C=O) groups is 1. The highest BCUT2D eigenvalue weighted by Gasteiger charge is 2.07. The molecule has 0 fully saturated rings. The maximum atomic E-state index is 11.8. The maximum absolute atomic E-state index is 11.8. The summed E-state index contributed by atoms with van der Waals surface area (Å²) in [7, 11) is 1.87. The lowest BCUT2D eigenvalue weighted by atomic mass is 10.2. The second-order valence-electron chi connectivity index (χ2n) is 4.76. The van der Waals surface area contributed by atoms with E-state index in [0.717, 1.165) is 18.5 Å². The van der Waals surface area contributed by atoms with E-state index in [1.165, 1.54) is 0 Å². The normalized spacial score (nSPS) is 10.6. The topological polar surface area (TPSA) is 59.0 Å². The molecular weight excluding hydrogens is 288 g/mol. The summed E-state index contributed by atoms with van der Waals surface area (Å²) in [6.45, 7) is 1.42. The maximum Gasteiger partial charge on any atom is 0.225 e. The second kappa shape index (κ2) is 7.81. The van der Waals surface area contributed by atoms with Crippen LogP contribution in [0.1, 0.15) is 18.4 Å². The van der Waals surface area contributed by atoms with Crippen molar-refractivity contribution in [1.29, 1.82) is 0 Å². The van der Waals surface area contributed by atoms with E-state index in [-0.39, 0.29) is 5.91 Å². The van der Waals surface area contributed by atoms with Crippen molar-refractivity contribution in [2.75, 3.05) is 18.9 Å². The van der Waals surface area contributed by atoms with Crippen molar-refractivity contribution in [3.8, 4) is 0 Å². The summed E-state index contributed by atoms with van der Waals surface area (Å²) < 4.78 is 1.76. The van der Waals surface area contributed by atoms with E-state index in [2.05, 4.69) is 15.7 Å². The van der Waals surface area contributed by atoms with E-state index in [1.54, 1.807) is 16.9 Å². The first-order chi connectivity index (χ1) is 10.2. The van der Waals surface area contributed by atoms with Crippen molar-refractivity contribution in [1.82, 2.24) is 15.1 Å². The van der Waals surface area contributed by atoms with Crippen molar-refractivity contribution in [2.24, 2.45) is 0 Å². The zero-order valence-corrected chi connectivity index (χ0v) is 12.7. The first-order valence-corrected chi connectivity index (χ1v) is 7.27. The Bertz CT molecular complexity index is 580. The van der Waals surface area contributed by atoms with Crippen LogP contribution in [0.2, 0.25) is 5.02 Å². The molecule has 0 radical (unpaired) electrons. The Morgan fingerprint density at radius 1 is 1.29 bits per heavy atom. The van der Waals surface area contributed by atoms with Crippen molar-refractivity contribution in [2.45, 2.75) is 19.4 Å². The van der Waals surface area contributed by atoms with E-state index >= 15 is 0 Å². The number of halogens is 1. The minimum atomic E-state index is 0.00288. The average molecular weight is 307 g/mol. The van der Waals surface area contributed by atoms with Gasteiger partial charge in [-0.2, -0.15) is 5.10 Å². The Kier molecular flexibility index (Phi) is 5.78. The highest BCUT2D eigenvalue weighted by Crippen LogP contribution is 2.13. The van der Waals surface area contributed by atoms with Gasteiger partial charge in [-0.1, -0.05) is 23.7 Å². The number of amides is 1. The van der Waals surface area contributed by atoms with Gasteiger partial charge in [-0.25, -0.2) is 4.68 Å². The lowest BCUT2D eigenvalue weighted by molar-refractivity contribution is -0.116. The molecule has 0 bridgehead atoms. The van der Waals surface area contributed by atoms with Crippen LogP contribution in [0.25, 0.3) is 0 Å². The molecule has 5 nitrogen and oxygen atoms in total. The molecule has 21 heavy (non-hydrogen) atoms. The summed E-state index contributed by atoms with van der Waals surface area (Å²) in [4.78, 5) is 11.8. The predicted octanol–water partition coefficient (Wildman–Crippen LogP) is 2.52. The molecule has 2 N–H and O–H groups in total. The molecule has 2 rings (SSSR count). The zero-order chi connectivity index (χ0) is 15.1. The summed E-state index contributed by atoms with van der Waals surface area (Å²) >= 11 is 5.87. The molecule has 0 saturated heterocycles. The van der Waals surface area contributed by atoms with Crippen LogP contribution < -0.4 is 10.6 Å². The number of nitrogens with zero attached hydrogens (tertiary/aromatic N) is 2. The number of rotatable bonds is 7. The lowest BCUT2D eigenvalue weighted by Crippen LogP contribution is -2.17. The van der Waals surface area contributed by atoms with Crippen LogP contribution >= 0.6 is 11.6 Å². The van der Waals surface area contributed by atoms with Gasteiger partial charge < -0.3 is 10.6 Å². The molecule has 1 heterocycles. The number of nitrogens with one attached hydrogen (secondary N) is 2. The molecule has 1 aromatic carbocycles. The minimum Gasteiger partial charge on any atom is -0.320 e. The third-order valence-corrected chi connectivity index (χ3v) is 3.31. The van der Waals surface area contributed by atoms with Gasteiger partial charge in [0.25, 0.3) is 0 Å². The molecule has 6 heteroatoms. The van der Waals surface area contributed by atoms with Crippen molar-refractivity contribution in [3.63, 3.8) is 0 Å². The van der Waals surface area contributed by atoms with Crippen molar-refractivity contribution < 1.29 is 4.79 Å². The fourth-order valence-corrected chi connectivity index (χ4v) is 2.08. The van der Waals surface area contributed by atoms with Gasteiger partial charge in [-0.15, -0.1) is 0 Å². The van der Waals surface area contributed by atoms with Crippen LogP contribution in [0.3, 0.4) is 0 Å². The SMILES string of the molecule is CNCCCC(=O)Nc1ccnn1Cc1ccc(Cl)cc1. The fourth-order valence-electron chi connectivity index (χ4n) is 1.96. The van der Waals surface area contributed by atoms with Gasteiger partial charge in [-0.05, 0) is 37.7 Å². The lowest BCUT2D eigenvalue weighted by Gasteiger charge is -2.09. The van der Waals surface area contributed by atoms with Gasteiger partial charge in [0.05, 0.1) is 12.7 Å². The second-order valence-corrected chi connectivity index (χ2v) is 5.19. The van der Waals surface area contributed by atoms with E-state index in [1.807, 2.05) is 31.3 Å². The summed E-state index contributed by atoms with van der Waals surface area (Å²) in [6, 6.07) is 9.38. The highest BCUT2D eigenvalue weighted by molar-refractivity contribution is 6.30. The molecule has 0 saturated carbocycles. The number of benzene rings is 1. The summed E-state index contributed by atoms with van der Waals surface area (Å²) in [5, 5.41) is 10.9. The summed E-state index contributed by atoms with van der Waals surface area (Å²) in [5.74, 6) is 0.711. The Labute approximate surface area is 129 Å². The highest BCUT2D eigenvalue weighted by atomic mass is 35.5. The Morgan fingerprint density at radius 3 is 2.76 bits per heavy atom. The van der Waals surface area contributed by atoms with E-state index in [4.69, 9.17) is 11.6 Å². The van der Waals surface area contributed by atoms with E-state index in [0.29, 0.717) is 23.8 Å². The molecule has 0 atom stereocenters. The monoisotopic (exact) mass is 306 g/mol. The standard InChI is InChI=1S/C15H19ClN4O/c1-17-9-2-3-15(21)19-14-8-10-18-20(14)11-12-4-6-13(16)7-5-12/h4-8,10,17H,2-3,9,11H2,1H3,(H,19,21).